The van der Waals surface area contributed by atoms with Crippen molar-refractivity contribution in [2.45, 2.75) is 25.6 Å². The van der Waals surface area contributed by atoms with Crippen LogP contribution in [0.3, 0.4) is 0 Å². The zero-order chi connectivity index (χ0) is 20.9. The average Bonchev–Trinajstić information content (AvgIpc) is 2.79. The Morgan fingerprint density at radius 3 is 2.43 bits per heavy atom. The number of piperazine rings is 1. The SMILES string of the molecule is C[C@H](C(=O)N1CCN(Cc2ccccc2)CC1)N(C)C[C@H]1COc2ccccc2O1. The molecule has 1 amide bonds. The van der Waals surface area contributed by atoms with Crippen LogP contribution in [0.1, 0.15) is 12.5 Å². The molecule has 2 aromatic rings. The summed E-state index contributed by atoms with van der Waals surface area (Å²) in [6, 6.07) is 18.0. The second kappa shape index (κ2) is 9.49. The quantitative estimate of drug-likeness (QED) is 0.734. The van der Waals surface area contributed by atoms with Gasteiger partial charge in [-0.05, 0) is 31.7 Å². The van der Waals surface area contributed by atoms with Gasteiger partial charge < -0.3 is 14.4 Å². The van der Waals surface area contributed by atoms with Gasteiger partial charge in [-0.3, -0.25) is 14.6 Å². The molecule has 30 heavy (non-hydrogen) atoms. The fraction of sp³-hybridized carbons (Fsp3) is 0.458. The van der Waals surface area contributed by atoms with E-state index in [2.05, 4.69) is 34.1 Å². The van der Waals surface area contributed by atoms with Gasteiger partial charge in [-0.1, -0.05) is 42.5 Å². The Balaban J connectivity index is 1.24. The monoisotopic (exact) mass is 409 g/mol. The summed E-state index contributed by atoms with van der Waals surface area (Å²) in [5.41, 5.74) is 1.32. The van der Waals surface area contributed by atoms with Crippen molar-refractivity contribution in [3.63, 3.8) is 0 Å². The molecule has 2 atom stereocenters. The van der Waals surface area contributed by atoms with Crippen LogP contribution in [0.2, 0.25) is 0 Å². The maximum Gasteiger partial charge on any atom is 0.239 e. The molecular formula is C24H31N3O3. The predicted molar refractivity (Wildman–Crippen MR) is 117 cm³/mol. The molecule has 6 nitrogen and oxygen atoms in total. The van der Waals surface area contributed by atoms with Crippen LogP contribution >= 0.6 is 0 Å². The van der Waals surface area contributed by atoms with Crippen molar-refractivity contribution < 1.29 is 14.3 Å². The van der Waals surface area contributed by atoms with Gasteiger partial charge in [0.2, 0.25) is 5.91 Å². The highest BCUT2D eigenvalue weighted by atomic mass is 16.6. The van der Waals surface area contributed by atoms with E-state index in [1.165, 1.54) is 5.56 Å². The van der Waals surface area contributed by atoms with Crippen LogP contribution in [0, 0.1) is 0 Å². The van der Waals surface area contributed by atoms with Crippen molar-refractivity contribution in [3.8, 4) is 11.5 Å². The maximum absolute atomic E-state index is 13.0. The number of hydrogen-bond donors (Lipinski definition) is 0. The van der Waals surface area contributed by atoms with Crippen molar-refractivity contribution in [1.82, 2.24) is 14.7 Å². The maximum atomic E-state index is 13.0. The number of rotatable bonds is 6. The van der Waals surface area contributed by atoms with Crippen LogP contribution in [-0.2, 0) is 11.3 Å². The highest BCUT2D eigenvalue weighted by Gasteiger charge is 2.30. The van der Waals surface area contributed by atoms with Crippen LogP contribution in [0.25, 0.3) is 0 Å². The predicted octanol–water partition coefficient (Wildman–Crippen LogP) is 2.49. The Bertz CT molecular complexity index is 837. The van der Waals surface area contributed by atoms with Gasteiger partial charge in [0, 0.05) is 39.3 Å². The van der Waals surface area contributed by atoms with E-state index < -0.39 is 0 Å². The van der Waals surface area contributed by atoms with Crippen LogP contribution in [-0.4, -0.2) is 79.1 Å². The molecule has 2 aliphatic rings. The molecule has 1 fully saturated rings. The largest absolute Gasteiger partial charge is 0.486 e. The van der Waals surface area contributed by atoms with Gasteiger partial charge >= 0.3 is 0 Å². The van der Waals surface area contributed by atoms with Gasteiger partial charge in [0.25, 0.3) is 0 Å². The molecular weight excluding hydrogens is 378 g/mol. The Labute approximate surface area is 179 Å². The summed E-state index contributed by atoms with van der Waals surface area (Å²) in [7, 11) is 1.98. The third-order valence-corrected chi connectivity index (χ3v) is 6.01. The van der Waals surface area contributed by atoms with E-state index in [-0.39, 0.29) is 18.1 Å². The number of carbonyl (C=O) groups is 1. The molecule has 2 heterocycles. The Kier molecular flexibility index (Phi) is 6.55. The summed E-state index contributed by atoms with van der Waals surface area (Å²) in [6.07, 6.45) is -0.0807. The molecule has 4 rings (SSSR count). The minimum atomic E-state index is -0.188. The molecule has 6 heteroatoms. The fourth-order valence-corrected chi connectivity index (χ4v) is 4.05. The van der Waals surface area contributed by atoms with Crippen LogP contribution in [0.4, 0.5) is 0 Å². The highest BCUT2D eigenvalue weighted by molar-refractivity contribution is 5.81. The highest BCUT2D eigenvalue weighted by Crippen LogP contribution is 2.31. The molecule has 0 unspecified atom stereocenters. The number of carbonyl (C=O) groups excluding carboxylic acids is 1. The molecule has 0 spiro atoms. The lowest BCUT2D eigenvalue weighted by atomic mass is 10.1. The van der Waals surface area contributed by atoms with Crippen molar-refractivity contribution in [2.75, 3.05) is 46.4 Å². The molecule has 2 aromatic carbocycles. The van der Waals surface area contributed by atoms with Crippen LogP contribution < -0.4 is 9.47 Å². The topological polar surface area (TPSA) is 45.3 Å². The first-order valence-corrected chi connectivity index (χ1v) is 10.7. The molecule has 0 aliphatic carbocycles. The van der Waals surface area contributed by atoms with Crippen molar-refractivity contribution >= 4 is 5.91 Å². The number of ether oxygens (including phenoxy) is 2. The number of hydrogen-bond acceptors (Lipinski definition) is 5. The van der Waals surface area contributed by atoms with E-state index in [0.717, 1.165) is 44.2 Å². The van der Waals surface area contributed by atoms with Crippen molar-refractivity contribution in [2.24, 2.45) is 0 Å². The van der Waals surface area contributed by atoms with E-state index in [1.807, 2.05) is 49.2 Å². The van der Waals surface area contributed by atoms with E-state index in [0.29, 0.717) is 13.2 Å². The molecule has 160 valence electrons. The lowest BCUT2D eigenvalue weighted by molar-refractivity contribution is -0.138. The molecule has 0 radical (unpaired) electrons. The van der Waals surface area contributed by atoms with E-state index in [1.54, 1.807) is 0 Å². The standard InChI is InChI=1S/C24H31N3O3/c1-19(25(2)17-21-18-29-22-10-6-7-11-23(22)30-21)24(28)27-14-12-26(13-15-27)16-20-8-4-3-5-9-20/h3-11,19,21H,12-18H2,1-2H3/t19-,21+/m1/s1. The summed E-state index contributed by atoms with van der Waals surface area (Å²) in [6.45, 7) is 7.45. The van der Waals surface area contributed by atoms with Gasteiger partial charge in [0.05, 0.1) is 6.04 Å². The second-order valence-corrected chi connectivity index (χ2v) is 8.20. The van der Waals surface area contributed by atoms with Gasteiger partial charge in [-0.15, -0.1) is 0 Å². The fourth-order valence-electron chi connectivity index (χ4n) is 4.05. The summed E-state index contributed by atoms with van der Waals surface area (Å²) in [5, 5.41) is 0. The van der Waals surface area contributed by atoms with Crippen molar-refractivity contribution in [3.05, 3.63) is 60.2 Å². The van der Waals surface area contributed by atoms with Gasteiger partial charge in [-0.2, -0.15) is 0 Å². The molecule has 1 saturated heterocycles. The molecule has 0 aromatic heterocycles. The summed E-state index contributed by atoms with van der Waals surface area (Å²) < 4.78 is 11.9. The zero-order valence-corrected chi connectivity index (χ0v) is 17.9. The van der Waals surface area contributed by atoms with Gasteiger partial charge in [-0.25, -0.2) is 0 Å². The number of likely N-dealkylation sites (N-methyl/N-ethyl adjacent to an activating group) is 1. The third kappa shape index (κ3) is 4.94. The van der Waals surface area contributed by atoms with Crippen LogP contribution in [0.15, 0.2) is 54.6 Å². The molecule has 2 aliphatic heterocycles. The number of fused-ring (bicyclic) bond motifs is 1. The third-order valence-electron chi connectivity index (χ3n) is 6.01. The normalized spacial score (nSPS) is 20.2. The summed E-state index contributed by atoms with van der Waals surface area (Å²) in [5.74, 6) is 1.75. The Hall–Kier alpha value is -2.57. The lowest BCUT2D eigenvalue weighted by Crippen LogP contribution is -2.54. The Morgan fingerprint density at radius 1 is 1.03 bits per heavy atom. The minimum absolute atomic E-state index is 0.0807. The number of benzene rings is 2. The summed E-state index contributed by atoms with van der Waals surface area (Å²) >= 11 is 0. The van der Waals surface area contributed by atoms with Gasteiger partial charge in [0.1, 0.15) is 12.7 Å². The number of para-hydroxylation sites is 2. The molecule has 0 saturated carbocycles. The van der Waals surface area contributed by atoms with E-state index in [9.17, 15) is 4.79 Å². The first kappa shape index (κ1) is 20.7. The first-order valence-electron chi connectivity index (χ1n) is 10.7. The van der Waals surface area contributed by atoms with Crippen molar-refractivity contribution in [1.29, 1.82) is 0 Å². The number of nitrogens with zero attached hydrogens (tertiary/aromatic N) is 3. The van der Waals surface area contributed by atoms with E-state index in [4.69, 9.17) is 9.47 Å². The lowest BCUT2D eigenvalue weighted by Gasteiger charge is -2.38. The molecule has 0 N–H and O–H groups in total. The van der Waals surface area contributed by atoms with Gasteiger partial charge in [0.15, 0.2) is 11.5 Å². The van der Waals surface area contributed by atoms with E-state index >= 15 is 0 Å². The molecule has 0 bridgehead atoms. The summed E-state index contributed by atoms with van der Waals surface area (Å²) in [4.78, 5) is 19.5. The van der Waals surface area contributed by atoms with Crippen LogP contribution in [0.5, 0.6) is 11.5 Å². The second-order valence-electron chi connectivity index (χ2n) is 8.20. The zero-order valence-electron chi connectivity index (χ0n) is 17.9. The average molecular weight is 410 g/mol. The minimum Gasteiger partial charge on any atom is -0.486 e. The Morgan fingerprint density at radius 2 is 1.70 bits per heavy atom. The first-order chi connectivity index (χ1) is 14.6. The number of amides is 1. The smallest absolute Gasteiger partial charge is 0.239 e.